The largest absolute Gasteiger partial charge is 0.273 e. The van der Waals surface area contributed by atoms with Gasteiger partial charge < -0.3 is 0 Å². The van der Waals surface area contributed by atoms with Crippen LogP contribution in [0.1, 0.15) is 24.0 Å². The monoisotopic (exact) mass is 323 g/mol. The molecule has 120 valence electrons. The highest BCUT2D eigenvalue weighted by atomic mass is 32.2. The fourth-order valence-electron chi connectivity index (χ4n) is 2.37. The first kappa shape index (κ1) is 16.6. The number of hydrazone groups is 1. The second kappa shape index (κ2) is 7.02. The molecule has 1 fully saturated rings. The Hall–Kier alpha value is -1.73. The molecule has 2 rings (SSSR count). The molecule has 1 N–H and O–H groups in total. The molecule has 7 heteroatoms. The third kappa shape index (κ3) is 4.64. The van der Waals surface area contributed by atoms with Crippen molar-refractivity contribution < 1.29 is 13.2 Å². The van der Waals surface area contributed by atoms with Gasteiger partial charge in [-0.05, 0) is 25.3 Å². The van der Waals surface area contributed by atoms with Crippen LogP contribution in [-0.4, -0.2) is 44.2 Å². The molecule has 0 aliphatic carbocycles. The molecule has 1 heterocycles. The van der Waals surface area contributed by atoms with Crippen LogP contribution in [0.2, 0.25) is 0 Å². The van der Waals surface area contributed by atoms with Crippen LogP contribution in [0.3, 0.4) is 0 Å². The summed E-state index contributed by atoms with van der Waals surface area (Å²) in [6, 6.07) is 7.76. The van der Waals surface area contributed by atoms with E-state index in [4.69, 9.17) is 0 Å². The molecule has 1 atom stereocenters. The summed E-state index contributed by atoms with van der Waals surface area (Å²) in [7, 11) is -3.24. The van der Waals surface area contributed by atoms with Crippen molar-refractivity contribution in [3.63, 3.8) is 0 Å². The summed E-state index contributed by atoms with van der Waals surface area (Å²) in [5.74, 6) is -0.588. The Morgan fingerprint density at radius 3 is 2.68 bits per heavy atom. The molecule has 1 aromatic rings. The van der Waals surface area contributed by atoms with Gasteiger partial charge in [0.25, 0.3) is 0 Å². The van der Waals surface area contributed by atoms with E-state index in [2.05, 4.69) is 10.5 Å². The molecule has 0 spiro atoms. The summed E-state index contributed by atoms with van der Waals surface area (Å²) in [6.45, 7) is 2.71. The Morgan fingerprint density at radius 1 is 1.36 bits per heavy atom. The van der Waals surface area contributed by atoms with Gasteiger partial charge in [-0.2, -0.15) is 5.10 Å². The predicted octanol–water partition coefficient (Wildman–Crippen LogP) is 1.12. The van der Waals surface area contributed by atoms with Crippen molar-refractivity contribution in [3.8, 4) is 0 Å². The van der Waals surface area contributed by atoms with Crippen LogP contribution in [-0.2, 0) is 14.8 Å². The zero-order valence-corrected chi connectivity index (χ0v) is 13.6. The molecule has 1 amide bonds. The second-order valence-electron chi connectivity index (χ2n) is 5.61. The zero-order chi connectivity index (χ0) is 16.2. The van der Waals surface area contributed by atoms with Gasteiger partial charge in [0, 0.05) is 13.1 Å². The van der Waals surface area contributed by atoms with Crippen LogP contribution >= 0.6 is 0 Å². The van der Waals surface area contributed by atoms with Crippen LogP contribution < -0.4 is 5.43 Å². The number of rotatable bonds is 4. The van der Waals surface area contributed by atoms with E-state index in [-0.39, 0.29) is 18.4 Å². The molecule has 0 aromatic heterocycles. The normalized spacial score (nSPS) is 20.2. The highest BCUT2D eigenvalue weighted by molar-refractivity contribution is 7.88. The summed E-state index contributed by atoms with van der Waals surface area (Å²) in [5, 5.41) is 3.94. The summed E-state index contributed by atoms with van der Waals surface area (Å²) < 4.78 is 24.4. The number of carbonyl (C=O) groups excluding carboxylic acids is 1. The van der Waals surface area contributed by atoms with Crippen molar-refractivity contribution >= 4 is 22.1 Å². The number of hydrogen-bond acceptors (Lipinski definition) is 4. The van der Waals surface area contributed by atoms with Gasteiger partial charge in [0.1, 0.15) is 0 Å². The summed E-state index contributed by atoms with van der Waals surface area (Å²) in [6.07, 6.45) is 4.11. The van der Waals surface area contributed by atoms with Gasteiger partial charge in [-0.15, -0.1) is 0 Å². The Balaban J connectivity index is 1.90. The molecule has 1 aliphatic rings. The molecule has 0 unspecified atom stereocenters. The number of aryl methyl sites for hydroxylation is 1. The van der Waals surface area contributed by atoms with Crippen molar-refractivity contribution in [3.05, 3.63) is 35.4 Å². The van der Waals surface area contributed by atoms with E-state index in [1.54, 1.807) is 6.21 Å². The van der Waals surface area contributed by atoms with Crippen molar-refractivity contribution in [2.45, 2.75) is 19.8 Å². The Bertz CT molecular complexity index is 653. The van der Waals surface area contributed by atoms with Crippen LogP contribution in [0, 0.1) is 12.8 Å². The molecule has 1 aliphatic heterocycles. The van der Waals surface area contributed by atoms with Crippen LogP contribution in [0.5, 0.6) is 0 Å². The summed E-state index contributed by atoms with van der Waals surface area (Å²) in [5.41, 5.74) is 4.55. The van der Waals surface area contributed by atoms with Gasteiger partial charge >= 0.3 is 0 Å². The maximum absolute atomic E-state index is 12.1. The topological polar surface area (TPSA) is 78.8 Å². The second-order valence-corrected chi connectivity index (χ2v) is 7.59. The fraction of sp³-hybridized carbons (Fsp3) is 0.467. The molecular formula is C15H21N3O3S. The smallest absolute Gasteiger partial charge is 0.244 e. The van der Waals surface area contributed by atoms with Crippen molar-refractivity contribution in [2.75, 3.05) is 19.3 Å². The molecule has 0 bridgehead atoms. The highest BCUT2D eigenvalue weighted by Gasteiger charge is 2.29. The van der Waals surface area contributed by atoms with Gasteiger partial charge in [0.2, 0.25) is 15.9 Å². The minimum Gasteiger partial charge on any atom is -0.273 e. The van der Waals surface area contributed by atoms with Crippen LogP contribution in [0.4, 0.5) is 0 Å². The SMILES string of the molecule is Cc1ccc(/C=N\NC(=O)[C@@H]2CCCN(S(C)(=O)=O)C2)cc1. The lowest BCUT2D eigenvalue weighted by Gasteiger charge is -2.29. The zero-order valence-electron chi connectivity index (χ0n) is 12.8. The van der Waals surface area contributed by atoms with E-state index in [9.17, 15) is 13.2 Å². The Morgan fingerprint density at radius 2 is 2.05 bits per heavy atom. The first-order valence-corrected chi connectivity index (χ1v) is 9.06. The third-order valence-electron chi connectivity index (χ3n) is 3.69. The lowest BCUT2D eigenvalue weighted by molar-refractivity contribution is -0.126. The van der Waals surface area contributed by atoms with Crippen LogP contribution in [0.25, 0.3) is 0 Å². The van der Waals surface area contributed by atoms with Crippen LogP contribution in [0.15, 0.2) is 29.4 Å². The molecule has 6 nitrogen and oxygen atoms in total. The first-order valence-electron chi connectivity index (χ1n) is 7.21. The lowest BCUT2D eigenvalue weighted by atomic mass is 9.99. The maximum atomic E-state index is 12.1. The van der Waals surface area contributed by atoms with Gasteiger partial charge in [-0.3, -0.25) is 4.79 Å². The molecule has 0 radical (unpaired) electrons. The number of amides is 1. The molecule has 22 heavy (non-hydrogen) atoms. The Kier molecular flexibility index (Phi) is 5.31. The van der Waals surface area contributed by atoms with Gasteiger partial charge in [-0.1, -0.05) is 29.8 Å². The Labute approximate surface area is 131 Å². The maximum Gasteiger partial charge on any atom is 0.244 e. The van der Waals surface area contributed by atoms with E-state index in [1.165, 1.54) is 10.6 Å². The van der Waals surface area contributed by atoms with E-state index in [0.29, 0.717) is 19.4 Å². The van der Waals surface area contributed by atoms with Crippen molar-refractivity contribution in [1.29, 1.82) is 0 Å². The van der Waals surface area contributed by atoms with E-state index < -0.39 is 10.0 Å². The molecule has 0 saturated carbocycles. The average molecular weight is 323 g/mol. The van der Waals surface area contributed by atoms with Crippen molar-refractivity contribution in [2.24, 2.45) is 11.0 Å². The highest BCUT2D eigenvalue weighted by Crippen LogP contribution is 2.18. The quantitative estimate of drug-likeness (QED) is 0.666. The number of benzene rings is 1. The molecular weight excluding hydrogens is 302 g/mol. The van der Waals surface area contributed by atoms with Gasteiger partial charge in [0.15, 0.2) is 0 Å². The predicted molar refractivity (Wildman–Crippen MR) is 86.1 cm³/mol. The number of nitrogens with one attached hydrogen (secondary N) is 1. The van der Waals surface area contributed by atoms with E-state index >= 15 is 0 Å². The molecule has 1 aromatic carbocycles. The first-order chi connectivity index (χ1) is 10.4. The minimum atomic E-state index is -3.24. The number of carbonyl (C=O) groups is 1. The fourth-order valence-corrected chi connectivity index (χ4v) is 3.28. The lowest BCUT2D eigenvalue weighted by Crippen LogP contribution is -2.44. The van der Waals surface area contributed by atoms with E-state index in [1.807, 2.05) is 31.2 Å². The molecule has 1 saturated heterocycles. The number of sulfonamides is 1. The standard InChI is InChI=1S/C15H21N3O3S/c1-12-5-7-13(8-6-12)10-16-17-15(19)14-4-3-9-18(11-14)22(2,20)21/h5-8,10,14H,3-4,9,11H2,1-2H3,(H,17,19)/b16-10-/t14-/m1/s1. The van der Waals surface area contributed by atoms with Gasteiger partial charge in [-0.25, -0.2) is 18.1 Å². The number of piperidine rings is 1. The minimum absolute atomic E-state index is 0.227. The van der Waals surface area contributed by atoms with Crippen molar-refractivity contribution in [1.82, 2.24) is 9.73 Å². The van der Waals surface area contributed by atoms with Gasteiger partial charge in [0.05, 0.1) is 18.4 Å². The van der Waals surface area contributed by atoms with E-state index in [0.717, 1.165) is 11.1 Å². The summed E-state index contributed by atoms with van der Waals surface area (Å²) >= 11 is 0. The number of hydrogen-bond donors (Lipinski definition) is 1. The summed E-state index contributed by atoms with van der Waals surface area (Å²) in [4.78, 5) is 12.1. The number of nitrogens with zero attached hydrogens (tertiary/aromatic N) is 2. The average Bonchev–Trinajstić information content (AvgIpc) is 2.48. The third-order valence-corrected chi connectivity index (χ3v) is 4.96.